The minimum absolute atomic E-state index is 0.0718. The van der Waals surface area contributed by atoms with E-state index in [1.54, 1.807) is 0 Å². The van der Waals surface area contributed by atoms with Gasteiger partial charge >= 0.3 is 79.8 Å². The quantitative estimate of drug-likeness (QED) is 0.449. The predicted molar refractivity (Wildman–Crippen MR) is 45.4 cm³/mol. The molecule has 0 aliphatic heterocycles. The molecule has 1 aromatic rings. The molecule has 0 radical (unpaired) electrons. The van der Waals surface area contributed by atoms with E-state index < -0.39 is 0 Å². The van der Waals surface area contributed by atoms with Crippen molar-refractivity contribution >= 4 is 52.1 Å². The van der Waals surface area contributed by atoms with Crippen LogP contribution in [0.4, 0.5) is 5.69 Å². The van der Waals surface area contributed by atoms with Gasteiger partial charge in [-0.05, 0) is 0 Å². The molecule has 0 aromatic carbocycles. The van der Waals surface area contributed by atoms with Gasteiger partial charge in [0.25, 0.3) is 0 Å². The average Bonchev–Trinajstić information content (AvgIpc) is 2.10. The van der Waals surface area contributed by atoms with E-state index in [0.717, 1.165) is 3.35 Å². The number of hydrogen-bond acceptors (Lipinski definition) is 2. The fourth-order valence-corrected chi connectivity index (χ4v) is 5.02. The zero-order valence-corrected chi connectivity index (χ0v) is 9.39. The Balaban J connectivity index is 3.15. The molecule has 0 N–H and O–H groups in total. The van der Waals surface area contributed by atoms with Crippen LogP contribution in [0.5, 0.6) is 0 Å². The van der Waals surface area contributed by atoms with E-state index in [-0.39, 0.29) is 25.1 Å². The van der Waals surface area contributed by atoms with Crippen LogP contribution in [0, 0.1) is 10.1 Å². The molecule has 10 heavy (non-hydrogen) atoms. The molecular formula is C4HBr2NO2Se. The fourth-order valence-electron chi connectivity index (χ4n) is 0.456. The molecule has 0 spiro atoms. The molecule has 1 rings (SSSR count). The summed E-state index contributed by atoms with van der Waals surface area (Å²) in [5.74, 6) is 0. The van der Waals surface area contributed by atoms with Crippen LogP contribution in [0.3, 0.4) is 0 Å². The molecule has 54 valence electrons. The number of nitrogens with zero attached hydrogens (tertiary/aromatic N) is 1. The van der Waals surface area contributed by atoms with Crippen molar-refractivity contribution in [3.05, 3.63) is 22.9 Å². The van der Waals surface area contributed by atoms with E-state index in [1.165, 1.54) is 6.07 Å². The van der Waals surface area contributed by atoms with Gasteiger partial charge < -0.3 is 0 Å². The molecular weight excluding hydrogens is 333 g/mol. The number of hydrogen-bond donors (Lipinski definition) is 0. The zero-order chi connectivity index (χ0) is 7.72. The predicted octanol–water partition coefficient (Wildman–Crippen LogP) is 2.18. The van der Waals surface area contributed by atoms with Gasteiger partial charge in [-0.3, -0.25) is 0 Å². The molecule has 0 aliphatic rings. The molecule has 0 aliphatic carbocycles. The van der Waals surface area contributed by atoms with Crippen LogP contribution in [0.1, 0.15) is 0 Å². The summed E-state index contributed by atoms with van der Waals surface area (Å²) in [6.07, 6.45) is 0. The summed E-state index contributed by atoms with van der Waals surface area (Å²) in [7, 11) is 0. The fraction of sp³-hybridized carbons (Fsp3) is 0. The number of halogens is 2. The molecule has 0 amide bonds. The third-order valence-electron chi connectivity index (χ3n) is 0.835. The van der Waals surface area contributed by atoms with E-state index >= 15 is 0 Å². The SMILES string of the molecule is O=[N+]([O-])c1cc(Br)[se]c1Br. The van der Waals surface area contributed by atoms with E-state index in [0.29, 0.717) is 3.35 Å². The van der Waals surface area contributed by atoms with Crippen LogP contribution in [0.2, 0.25) is 0 Å². The van der Waals surface area contributed by atoms with Gasteiger partial charge in [0.2, 0.25) is 0 Å². The second-order valence-electron chi connectivity index (χ2n) is 1.47. The summed E-state index contributed by atoms with van der Waals surface area (Å²) < 4.78 is 1.59. The van der Waals surface area contributed by atoms with Gasteiger partial charge in [-0.15, -0.1) is 0 Å². The van der Waals surface area contributed by atoms with Gasteiger partial charge in [-0.2, -0.15) is 0 Å². The Hall–Kier alpha value is 0.359. The minimum atomic E-state index is -0.389. The first-order valence-corrected chi connectivity index (χ1v) is 5.50. The van der Waals surface area contributed by atoms with Crippen molar-refractivity contribution in [1.82, 2.24) is 0 Å². The standard InChI is InChI=1S/C4HBr2NO2Se/c5-3-1-2(7(8)9)4(6)10-3/h1H. The Bertz CT molecular complexity index is 272. The Morgan fingerprint density at radius 2 is 2.20 bits per heavy atom. The van der Waals surface area contributed by atoms with Crippen LogP contribution in [-0.2, 0) is 0 Å². The normalized spacial score (nSPS) is 9.80. The van der Waals surface area contributed by atoms with E-state index in [2.05, 4.69) is 31.9 Å². The molecule has 0 atom stereocenters. The Morgan fingerprint density at radius 1 is 1.60 bits per heavy atom. The van der Waals surface area contributed by atoms with Crippen molar-refractivity contribution in [2.75, 3.05) is 0 Å². The van der Waals surface area contributed by atoms with E-state index in [4.69, 9.17) is 0 Å². The number of nitro groups is 1. The van der Waals surface area contributed by atoms with Crippen LogP contribution in [0.25, 0.3) is 0 Å². The first kappa shape index (κ1) is 8.46. The molecule has 0 fully saturated rings. The number of rotatable bonds is 1. The summed E-state index contributed by atoms with van der Waals surface area (Å²) in [6, 6.07) is 1.53. The van der Waals surface area contributed by atoms with Crippen molar-refractivity contribution < 1.29 is 4.92 Å². The summed E-state index contributed by atoms with van der Waals surface area (Å²) in [4.78, 5) is 9.83. The Morgan fingerprint density at radius 3 is 2.40 bits per heavy atom. The molecule has 1 heterocycles. The monoisotopic (exact) mass is 333 g/mol. The molecule has 1 aromatic heterocycles. The first-order chi connectivity index (χ1) is 4.61. The van der Waals surface area contributed by atoms with E-state index in [9.17, 15) is 10.1 Å². The van der Waals surface area contributed by atoms with Crippen LogP contribution in [-0.4, -0.2) is 19.4 Å². The summed E-state index contributed by atoms with van der Waals surface area (Å²) in [5.41, 5.74) is 0.173. The third-order valence-corrected chi connectivity index (χ3v) is 4.62. The van der Waals surface area contributed by atoms with Crippen molar-refractivity contribution in [3.8, 4) is 0 Å². The molecule has 0 bridgehead atoms. The second-order valence-corrected chi connectivity index (χ2v) is 7.68. The van der Waals surface area contributed by atoms with Gasteiger partial charge in [-0.1, -0.05) is 0 Å². The topological polar surface area (TPSA) is 43.1 Å². The molecule has 0 saturated carbocycles. The third kappa shape index (κ3) is 1.69. The molecule has 0 saturated heterocycles. The summed E-state index contributed by atoms with van der Waals surface area (Å²) in [6.45, 7) is 0. The van der Waals surface area contributed by atoms with Gasteiger partial charge in [-0.25, -0.2) is 0 Å². The van der Waals surface area contributed by atoms with Crippen molar-refractivity contribution in [2.45, 2.75) is 0 Å². The van der Waals surface area contributed by atoms with Gasteiger partial charge in [0.1, 0.15) is 0 Å². The molecule has 3 nitrogen and oxygen atoms in total. The van der Waals surface area contributed by atoms with E-state index in [1.807, 2.05) is 0 Å². The van der Waals surface area contributed by atoms with Gasteiger partial charge in [0.15, 0.2) is 0 Å². The van der Waals surface area contributed by atoms with Gasteiger partial charge in [0, 0.05) is 0 Å². The zero-order valence-electron chi connectivity index (χ0n) is 4.51. The maximum atomic E-state index is 10.2. The Kier molecular flexibility index (Phi) is 2.68. The maximum absolute atomic E-state index is 10.2. The first-order valence-electron chi connectivity index (χ1n) is 2.20. The van der Waals surface area contributed by atoms with Crippen molar-refractivity contribution in [3.63, 3.8) is 0 Å². The molecule has 6 heteroatoms. The average molecular weight is 334 g/mol. The second kappa shape index (κ2) is 3.17. The van der Waals surface area contributed by atoms with Crippen LogP contribution < -0.4 is 0 Å². The van der Waals surface area contributed by atoms with Crippen LogP contribution >= 0.6 is 31.9 Å². The van der Waals surface area contributed by atoms with Crippen LogP contribution in [0.15, 0.2) is 12.8 Å². The summed E-state index contributed by atoms with van der Waals surface area (Å²) >= 11 is 6.40. The van der Waals surface area contributed by atoms with Gasteiger partial charge in [0.05, 0.1) is 0 Å². The van der Waals surface area contributed by atoms with Crippen molar-refractivity contribution in [1.29, 1.82) is 0 Å². The van der Waals surface area contributed by atoms with Crippen molar-refractivity contribution in [2.24, 2.45) is 0 Å². The molecule has 0 unspecified atom stereocenters. The Labute approximate surface area is 79.6 Å². The summed E-state index contributed by atoms with van der Waals surface area (Å²) in [5, 5.41) is 10.2.